The van der Waals surface area contributed by atoms with Crippen molar-refractivity contribution in [2.45, 2.75) is 0 Å². The molecule has 0 radical (unpaired) electrons. The summed E-state index contributed by atoms with van der Waals surface area (Å²) in [5.74, 6) is 0.777. The number of ether oxygens (including phenoxy) is 2. The van der Waals surface area contributed by atoms with E-state index in [0.29, 0.717) is 17.3 Å². The second-order valence-corrected chi connectivity index (χ2v) is 2.10. The summed E-state index contributed by atoms with van der Waals surface area (Å²) in [5.41, 5.74) is 0.351. The molecular weight excluding hydrogens is 172 g/mol. The molecule has 0 atom stereocenters. The number of nitrogens with zero attached hydrogens (tertiary/aromatic N) is 2. The van der Waals surface area contributed by atoms with Crippen molar-refractivity contribution in [3.8, 4) is 11.6 Å². The Bertz CT molecular complexity index is 345. The number of aliphatic imine (C=N–C) groups is 1. The molecule has 0 fully saturated rings. The Morgan fingerprint density at radius 1 is 1.46 bits per heavy atom. The van der Waals surface area contributed by atoms with E-state index in [1.807, 2.05) is 0 Å². The molecule has 0 unspecified atom stereocenters. The number of rotatable bonds is 3. The molecule has 0 N–H and O–H groups in total. The molecule has 0 bridgehead atoms. The Hall–Kier alpha value is -1.87. The van der Waals surface area contributed by atoms with Crippen LogP contribution in [0.1, 0.15) is 0 Å². The number of hydrogen-bond acceptors (Lipinski definition) is 5. The van der Waals surface area contributed by atoms with Crippen molar-refractivity contribution in [1.29, 1.82) is 0 Å². The Labute approximate surface area is 75.0 Å². The summed E-state index contributed by atoms with van der Waals surface area (Å²) in [5, 5.41) is 0. The number of carbonyl (C=O) groups excluding carboxylic acids is 1. The lowest BCUT2D eigenvalue weighted by Gasteiger charge is -2.03. The van der Waals surface area contributed by atoms with E-state index in [2.05, 4.69) is 9.98 Å². The highest BCUT2D eigenvalue weighted by atomic mass is 16.5. The van der Waals surface area contributed by atoms with Gasteiger partial charge in [-0.15, -0.1) is 0 Å². The smallest absolute Gasteiger partial charge is 0.240 e. The van der Waals surface area contributed by atoms with Crippen molar-refractivity contribution in [3.05, 3.63) is 12.3 Å². The van der Waals surface area contributed by atoms with Crippen LogP contribution in [-0.2, 0) is 4.79 Å². The van der Waals surface area contributed by atoms with E-state index in [1.165, 1.54) is 32.6 Å². The molecule has 0 saturated heterocycles. The van der Waals surface area contributed by atoms with Gasteiger partial charge in [0.05, 0.1) is 20.4 Å². The van der Waals surface area contributed by atoms with Gasteiger partial charge in [0, 0.05) is 6.07 Å². The largest absolute Gasteiger partial charge is 0.493 e. The van der Waals surface area contributed by atoms with Crippen LogP contribution in [0.25, 0.3) is 0 Å². The third-order valence-electron chi connectivity index (χ3n) is 1.42. The topological polar surface area (TPSA) is 60.8 Å². The molecule has 1 heterocycles. The number of pyridine rings is 1. The van der Waals surface area contributed by atoms with Crippen molar-refractivity contribution in [3.63, 3.8) is 0 Å². The van der Waals surface area contributed by atoms with Crippen LogP contribution in [0.2, 0.25) is 0 Å². The van der Waals surface area contributed by atoms with Crippen molar-refractivity contribution >= 4 is 11.8 Å². The van der Waals surface area contributed by atoms with Gasteiger partial charge in [-0.2, -0.15) is 4.99 Å². The molecule has 0 spiro atoms. The molecule has 0 saturated carbocycles. The first-order valence-corrected chi connectivity index (χ1v) is 3.47. The molecule has 13 heavy (non-hydrogen) atoms. The molecule has 1 aromatic heterocycles. The summed E-state index contributed by atoms with van der Waals surface area (Å²) >= 11 is 0. The van der Waals surface area contributed by atoms with Crippen LogP contribution in [0.4, 0.5) is 5.69 Å². The zero-order valence-electron chi connectivity index (χ0n) is 7.27. The maximum atomic E-state index is 10.0. The van der Waals surface area contributed by atoms with Gasteiger partial charge in [0.25, 0.3) is 0 Å². The number of hydrogen-bond donors (Lipinski definition) is 0. The first-order chi connectivity index (χ1) is 6.31. The molecule has 5 nitrogen and oxygen atoms in total. The predicted molar refractivity (Wildman–Crippen MR) is 45.1 cm³/mol. The molecular formula is C8H8N2O3. The van der Waals surface area contributed by atoms with E-state index in [1.54, 1.807) is 0 Å². The van der Waals surface area contributed by atoms with Crippen LogP contribution < -0.4 is 9.47 Å². The third-order valence-corrected chi connectivity index (χ3v) is 1.42. The minimum atomic E-state index is 0.351. The van der Waals surface area contributed by atoms with Crippen LogP contribution >= 0.6 is 0 Å². The molecule has 0 aliphatic rings. The van der Waals surface area contributed by atoms with Crippen LogP contribution in [0, 0.1) is 0 Å². The van der Waals surface area contributed by atoms with Crippen LogP contribution in [0.3, 0.4) is 0 Å². The summed E-state index contributed by atoms with van der Waals surface area (Å²) in [6, 6.07) is 1.49. The molecule has 0 aliphatic carbocycles. The zero-order valence-corrected chi connectivity index (χ0v) is 7.27. The SMILES string of the molecule is COc1cc(N=C=O)c(OC)cn1. The monoisotopic (exact) mass is 180 g/mol. The Balaban J connectivity index is 3.17. The average molecular weight is 180 g/mol. The van der Waals surface area contributed by atoms with Crippen LogP contribution in [0.15, 0.2) is 17.3 Å². The highest BCUT2D eigenvalue weighted by molar-refractivity contribution is 5.58. The fourth-order valence-corrected chi connectivity index (χ4v) is 0.819. The highest BCUT2D eigenvalue weighted by Crippen LogP contribution is 2.28. The minimum absolute atomic E-state index is 0.351. The normalized spacial score (nSPS) is 8.77. The van der Waals surface area contributed by atoms with Crippen molar-refractivity contribution < 1.29 is 14.3 Å². The quantitative estimate of drug-likeness (QED) is 0.515. The Morgan fingerprint density at radius 2 is 2.23 bits per heavy atom. The first-order valence-electron chi connectivity index (χ1n) is 3.47. The van der Waals surface area contributed by atoms with Gasteiger partial charge in [-0.1, -0.05) is 0 Å². The third kappa shape index (κ3) is 2.04. The fraction of sp³-hybridized carbons (Fsp3) is 0.250. The van der Waals surface area contributed by atoms with E-state index < -0.39 is 0 Å². The molecule has 68 valence electrons. The maximum absolute atomic E-state index is 10.0. The summed E-state index contributed by atoms with van der Waals surface area (Å²) in [6.07, 6.45) is 2.85. The molecule has 1 aromatic rings. The van der Waals surface area contributed by atoms with E-state index in [-0.39, 0.29) is 0 Å². The lowest BCUT2D eigenvalue weighted by atomic mass is 10.4. The number of aromatic nitrogens is 1. The van der Waals surface area contributed by atoms with Crippen LogP contribution in [0.5, 0.6) is 11.6 Å². The summed E-state index contributed by atoms with van der Waals surface area (Å²) in [6.45, 7) is 0. The van der Waals surface area contributed by atoms with Crippen molar-refractivity contribution in [1.82, 2.24) is 4.98 Å². The molecule has 1 rings (SSSR count). The van der Waals surface area contributed by atoms with Crippen LogP contribution in [-0.4, -0.2) is 25.3 Å². The standard InChI is InChI=1S/C8H8N2O3/c1-12-7-4-9-8(13-2)3-6(7)10-5-11/h3-4H,1-2H3. The first kappa shape index (κ1) is 9.22. The Morgan fingerprint density at radius 3 is 2.77 bits per heavy atom. The van der Waals surface area contributed by atoms with Gasteiger partial charge in [0.1, 0.15) is 5.69 Å². The zero-order chi connectivity index (χ0) is 9.68. The lowest BCUT2D eigenvalue weighted by molar-refractivity contribution is 0.388. The summed E-state index contributed by atoms with van der Waals surface area (Å²) in [4.78, 5) is 17.3. The van der Waals surface area contributed by atoms with Crippen molar-refractivity contribution in [2.24, 2.45) is 4.99 Å². The molecule has 0 aliphatic heterocycles. The van der Waals surface area contributed by atoms with E-state index in [9.17, 15) is 4.79 Å². The van der Waals surface area contributed by atoms with Gasteiger partial charge in [0.15, 0.2) is 5.75 Å². The molecule has 0 amide bonds. The van der Waals surface area contributed by atoms with Gasteiger partial charge in [-0.05, 0) is 0 Å². The van der Waals surface area contributed by atoms with Gasteiger partial charge in [0.2, 0.25) is 12.0 Å². The number of isocyanates is 1. The molecule has 0 aromatic carbocycles. The van der Waals surface area contributed by atoms with E-state index >= 15 is 0 Å². The van der Waals surface area contributed by atoms with E-state index in [0.717, 1.165) is 0 Å². The minimum Gasteiger partial charge on any atom is -0.493 e. The van der Waals surface area contributed by atoms with Gasteiger partial charge in [-0.3, -0.25) is 0 Å². The summed E-state index contributed by atoms with van der Waals surface area (Å²) < 4.78 is 9.75. The lowest BCUT2D eigenvalue weighted by Crippen LogP contribution is -1.89. The average Bonchev–Trinajstić information content (AvgIpc) is 2.18. The van der Waals surface area contributed by atoms with Gasteiger partial charge in [-0.25, -0.2) is 9.78 Å². The van der Waals surface area contributed by atoms with E-state index in [4.69, 9.17) is 9.47 Å². The summed E-state index contributed by atoms with van der Waals surface area (Å²) in [7, 11) is 2.94. The van der Waals surface area contributed by atoms with Crippen molar-refractivity contribution in [2.75, 3.05) is 14.2 Å². The maximum Gasteiger partial charge on any atom is 0.240 e. The second kappa shape index (κ2) is 4.23. The highest BCUT2D eigenvalue weighted by Gasteiger charge is 2.04. The number of methoxy groups -OCH3 is 2. The van der Waals surface area contributed by atoms with Gasteiger partial charge < -0.3 is 9.47 Å². The molecule has 5 heteroatoms. The predicted octanol–water partition coefficient (Wildman–Crippen LogP) is 1.07. The Kier molecular flexibility index (Phi) is 3.00. The fourth-order valence-electron chi connectivity index (χ4n) is 0.819. The van der Waals surface area contributed by atoms with Gasteiger partial charge >= 0.3 is 0 Å². The second-order valence-electron chi connectivity index (χ2n) is 2.10.